The summed E-state index contributed by atoms with van der Waals surface area (Å²) in [7, 11) is 1.63. The molecule has 1 aliphatic heterocycles. The van der Waals surface area contributed by atoms with Crippen molar-refractivity contribution in [2.45, 2.75) is 26.3 Å². The van der Waals surface area contributed by atoms with Gasteiger partial charge in [-0.15, -0.1) is 0 Å². The van der Waals surface area contributed by atoms with Crippen molar-refractivity contribution < 1.29 is 9.59 Å². The molecule has 0 spiro atoms. The van der Waals surface area contributed by atoms with Gasteiger partial charge in [0.25, 0.3) is 0 Å². The fraction of sp³-hybridized carbons (Fsp3) is 0.556. The Morgan fingerprint density at radius 1 is 1.22 bits per heavy atom. The molecule has 1 fully saturated rings. The fourth-order valence-electron chi connectivity index (χ4n) is 2.96. The predicted octanol–water partition coefficient (Wildman–Crippen LogP) is 1.14. The molecule has 0 aromatic heterocycles. The highest BCUT2D eigenvalue weighted by molar-refractivity contribution is 5.88. The van der Waals surface area contributed by atoms with Crippen LogP contribution in [0.5, 0.6) is 0 Å². The van der Waals surface area contributed by atoms with E-state index in [9.17, 15) is 9.59 Å². The third-order valence-electron chi connectivity index (χ3n) is 4.35. The zero-order valence-corrected chi connectivity index (χ0v) is 14.3. The van der Waals surface area contributed by atoms with Crippen molar-refractivity contribution in [2.24, 2.45) is 5.92 Å². The second kappa shape index (κ2) is 8.11. The Hall–Kier alpha value is -1.88. The number of hydrogen-bond acceptors (Lipinski definition) is 3. The molecule has 2 amide bonds. The summed E-state index contributed by atoms with van der Waals surface area (Å²) in [5.74, 6) is -0.109. The van der Waals surface area contributed by atoms with E-state index in [1.807, 2.05) is 32.0 Å². The first-order valence-electron chi connectivity index (χ1n) is 8.31. The maximum absolute atomic E-state index is 12.3. The number of benzene rings is 1. The summed E-state index contributed by atoms with van der Waals surface area (Å²) >= 11 is 0. The molecule has 2 rings (SSSR count). The van der Waals surface area contributed by atoms with E-state index in [1.165, 1.54) is 5.56 Å². The maximum atomic E-state index is 12.3. The number of nitrogens with one attached hydrogen (secondary N) is 1. The summed E-state index contributed by atoms with van der Waals surface area (Å²) in [5, 5.41) is 2.69. The molecule has 0 unspecified atom stereocenters. The SMILES string of the molecule is CNC(=O)[C@@H]1CN(CCc2ccccc2)CCN1C(=O)C(C)C. The van der Waals surface area contributed by atoms with Crippen molar-refractivity contribution in [1.29, 1.82) is 0 Å². The molecule has 0 aliphatic carbocycles. The van der Waals surface area contributed by atoms with Gasteiger partial charge in [0, 0.05) is 39.1 Å². The summed E-state index contributed by atoms with van der Waals surface area (Å²) in [6, 6.07) is 9.95. The van der Waals surface area contributed by atoms with E-state index >= 15 is 0 Å². The highest BCUT2D eigenvalue weighted by Gasteiger charge is 2.35. The van der Waals surface area contributed by atoms with Gasteiger partial charge in [0.15, 0.2) is 0 Å². The fourth-order valence-corrected chi connectivity index (χ4v) is 2.96. The average molecular weight is 317 g/mol. The molecule has 0 radical (unpaired) electrons. The van der Waals surface area contributed by atoms with Crippen LogP contribution in [0, 0.1) is 5.92 Å². The second-order valence-electron chi connectivity index (χ2n) is 6.35. The molecule has 1 aromatic carbocycles. The molecular weight excluding hydrogens is 290 g/mol. The number of likely N-dealkylation sites (N-methyl/N-ethyl adjacent to an activating group) is 1. The minimum atomic E-state index is -0.389. The van der Waals surface area contributed by atoms with Crippen LogP contribution in [0.1, 0.15) is 19.4 Å². The van der Waals surface area contributed by atoms with E-state index in [1.54, 1.807) is 11.9 Å². The van der Waals surface area contributed by atoms with Crippen LogP contribution in [0.25, 0.3) is 0 Å². The number of amides is 2. The molecule has 1 aliphatic rings. The van der Waals surface area contributed by atoms with E-state index < -0.39 is 0 Å². The van der Waals surface area contributed by atoms with Crippen molar-refractivity contribution in [2.75, 3.05) is 33.2 Å². The van der Waals surface area contributed by atoms with E-state index in [4.69, 9.17) is 0 Å². The maximum Gasteiger partial charge on any atom is 0.243 e. The molecule has 1 N–H and O–H groups in total. The molecule has 23 heavy (non-hydrogen) atoms. The normalized spacial score (nSPS) is 19.0. The van der Waals surface area contributed by atoms with Crippen LogP contribution in [0.3, 0.4) is 0 Å². The van der Waals surface area contributed by atoms with Crippen molar-refractivity contribution in [3.63, 3.8) is 0 Å². The van der Waals surface area contributed by atoms with Gasteiger partial charge in [-0.05, 0) is 12.0 Å². The Balaban J connectivity index is 1.98. The Bertz CT molecular complexity index is 530. The lowest BCUT2D eigenvalue weighted by atomic mass is 10.1. The van der Waals surface area contributed by atoms with Crippen LogP contribution in [0.15, 0.2) is 30.3 Å². The molecule has 5 heteroatoms. The van der Waals surface area contributed by atoms with Crippen LogP contribution >= 0.6 is 0 Å². The lowest BCUT2D eigenvalue weighted by Gasteiger charge is -2.41. The molecule has 126 valence electrons. The second-order valence-corrected chi connectivity index (χ2v) is 6.35. The van der Waals surface area contributed by atoms with Gasteiger partial charge in [0.05, 0.1) is 0 Å². The highest BCUT2D eigenvalue weighted by Crippen LogP contribution is 2.14. The number of carbonyl (C=O) groups is 2. The van der Waals surface area contributed by atoms with Crippen molar-refractivity contribution in [3.05, 3.63) is 35.9 Å². The van der Waals surface area contributed by atoms with Crippen LogP contribution in [-0.4, -0.2) is 60.9 Å². The molecule has 1 aromatic rings. The number of piperazine rings is 1. The Morgan fingerprint density at radius 2 is 1.91 bits per heavy atom. The van der Waals surface area contributed by atoms with Gasteiger partial charge in [-0.2, -0.15) is 0 Å². The number of carbonyl (C=O) groups excluding carboxylic acids is 2. The number of nitrogens with zero attached hydrogens (tertiary/aromatic N) is 2. The third kappa shape index (κ3) is 4.55. The summed E-state index contributed by atoms with van der Waals surface area (Å²) in [4.78, 5) is 28.5. The van der Waals surface area contributed by atoms with Crippen LogP contribution in [0.2, 0.25) is 0 Å². The topological polar surface area (TPSA) is 52.7 Å². The van der Waals surface area contributed by atoms with Gasteiger partial charge < -0.3 is 10.2 Å². The first kappa shape index (κ1) is 17.5. The third-order valence-corrected chi connectivity index (χ3v) is 4.35. The molecular formula is C18H27N3O2. The van der Waals surface area contributed by atoms with Crippen LogP contribution in [-0.2, 0) is 16.0 Å². The zero-order valence-electron chi connectivity index (χ0n) is 14.3. The van der Waals surface area contributed by atoms with Crippen LogP contribution in [0.4, 0.5) is 0 Å². The largest absolute Gasteiger partial charge is 0.357 e. The standard InChI is InChI=1S/C18H27N3O2/c1-14(2)18(23)21-12-11-20(13-16(21)17(22)19-3)10-9-15-7-5-4-6-8-15/h4-8,14,16H,9-13H2,1-3H3,(H,19,22)/t16-/m0/s1. The molecule has 1 heterocycles. The van der Waals surface area contributed by atoms with E-state index in [2.05, 4.69) is 22.3 Å². The van der Waals surface area contributed by atoms with Gasteiger partial charge in [-0.3, -0.25) is 14.5 Å². The highest BCUT2D eigenvalue weighted by atomic mass is 16.2. The van der Waals surface area contributed by atoms with E-state index in [0.717, 1.165) is 19.5 Å². The Morgan fingerprint density at radius 3 is 2.52 bits per heavy atom. The summed E-state index contributed by atoms with van der Waals surface area (Å²) < 4.78 is 0. The smallest absolute Gasteiger partial charge is 0.243 e. The Kier molecular flexibility index (Phi) is 6.16. The van der Waals surface area contributed by atoms with E-state index in [0.29, 0.717) is 13.1 Å². The predicted molar refractivity (Wildman–Crippen MR) is 91.0 cm³/mol. The Labute approximate surface area is 138 Å². The quantitative estimate of drug-likeness (QED) is 0.886. The van der Waals surface area contributed by atoms with Gasteiger partial charge in [-0.25, -0.2) is 0 Å². The minimum Gasteiger partial charge on any atom is -0.357 e. The number of hydrogen-bond donors (Lipinski definition) is 1. The molecule has 1 saturated heterocycles. The molecule has 0 bridgehead atoms. The minimum absolute atomic E-state index is 0.0568. The average Bonchev–Trinajstić information content (AvgIpc) is 2.59. The summed E-state index contributed by atoms with van der Waals surface area (Å²) in [5.41, 5.74) is 1.30. The summed E-state index contributed by atoms with van der Waals surface area (Å²) in [6.45, 7) is 6.70. The van der Waals surface area contributed by atoms with Crippen molar-refractivity contribution in [3.8, 4) is 0 Å². The van der Waals surface area contributed by atoms with Gasteiger partial charge >= 0.3 is 0 Å². The van der Waals surface area contributed by atoms with E-state index in [-0.39, 0.29) is 23.8 Å². The van der Waals surface area contributed by atoms with Crippen LogP contribution < -0.4 is 5.32 Å². The molecule has 0 saturated carbocycles. The van der Waals surface area contributed by atoms with Gasteiger partial charge in [0.1, 0.15) is 6.04 Å². The first-order chi connectivity index (χ1) is 11.0. The van der Waals surface area contributed by atoms with Gasteiger partial charge in [-0.1, -0.05) is 44.2 Å². The van der Waals surface area contributed by atoms with Gasteiger partial charge in [0.2, 0.25) is 11.8 Å². The van der Waals surface area contributed by atoms with Crippen molar-refractivity contribution >= 4 is 11.8 Å². The monoisotopic (exact) mass is 317 g/mol. The molecule has 5 nitrogen and oxygen atoms in total. The number of rotatable bonds is 5. The lowest BCUT2D eigenvalue weighted by Crippen LogP contribution is -2.61. The summed E-state index contributed by atoms with van der Waals surface area (Å²) in [6.07, 6.45) is 0.958. The first-order valence-corrected chi connectivity index (χ1v) is 8.31. The molecule has 1 atom stereocenters. The lowest BCUT2D eigenvalue weighted by molar-refractivity contribution is -0.146. The van der Waals surface area contributed by atoms with Crippen molar-refractivity contribution in [1.82, 2.24) is 15.1 Å². The zero-order chi connectivity index (χ0) is 16.8.